The van der Waals surface area contributed by atoms with E-state index in [0.717, 1.165) is 14.1 Å². The van der Waals surface area contributed by atoms with E-state index in [1.807, 2.05) is 0 Å². The topological polar surface area (TPSA) is 32.3 Å². The molecule has 0 unspecified atom stereocenters. The highest BCUT2D eigenvalue weighted by Crippen LogP contribution is 2.31. The van der Waals surface area contributed by atoms with Gasteiger partial charge in [-0.25, -0.2) is 0 Å². The van der Waals surface area contributed by atoms with Crippen molar-refractivity contribution in [2.75, 3.05) is 13.2 Å². The number of hydrogen-bond donors (Lipinski definition) is 2. The molecule has 5 heteroatoms. The van der Waals surface area contributed by atoms with Crippen LogP contribution >= 0.6 is 43.2 Å². The summed E-state index contributed by atoms with van der Waals surface area (Å²) in [4.78, 5) is 0. The molecule has 0 saturated heterocycles. The smallest absolute Gasteiger partial charge is 0.0755 e. The largest absolute Gasteiger partial charge is 0.395 e. The molecular formula is C7H9Br2NOS. The third-order valence-electron chi connectivity index (χ3n) is 1.33. The molecule has 0 saturated carbocycles. The summed E-state index contributed by atoms with van der Waals surface area (Å²) in [5.74, 6) is 0. The maximum absolute atomic E-state index is 8.54. The monoisotopic (exact) mass is 313 g/mol. The van der Waals surface area contributed by atoms with E-state index in [0.29, 0.717) is 6.54 Å². The molecule has 1 aromatic rings. The van der Waals surface area contributed by atoms with E-state index in [-0.39, 0.29) is 6.61 Å². The van der Waals surface area contributed by atoms with Crippen molar-refractivity contribution in [3.8, 4) is 0 Å². The van der Waals surface area contributed by atoms with Gasteiger partial charge in [-0.1, -0.05) is 0 Å². The van der Waals surface area contributed by atoms with Crippen LogP contribution in [0.4, 0.5) is 0 Å². The highest BCUT2D eigenvalue weighted by Gasteiger charge is 2.03. The first-order valence-electron chi connectivity index (χ1n) is 3.49. The Bertz CT molecular complexity index is 252. The molecule has 0 aromatic carbocycles. The van der Waals surface area contributed by atoms with Gasteiger partial charge in [0.1, 0.15) is 0 Å². The van der Waals surface area contributed by atoms with Crippen molar-refractivity contribution in [1.29, 1.82) is 0 Å². The summed E-state index contributed by atoms with van der Waals surface area (Å²) in [5.41, 5.74) is 1.22. The summed E-state index contributed by atoms with van der Waals surface area (Å²) in [6.07, 6.45) is 0. The van der Waals surface area contributed by atoms with E-state index < -0.39 is 0 Å². The molecule has 0 atom stereocenters. The lowest BCUT2D eigenvalue weighted by Crippen LogP contribution is -2.17. The minimum absolute atomic E-state index is 0.183. The maximum Gasteiger partial charge on any atom is 0.0755 e. The van der Waals surface area contributed by atoms with Gasteiger partial charge in [-0.05, 0) is 43.5 Å². The average molecular weight is 315 g/mol. The molecule has 1 rings (SSSR count). The van der Waals surface area contributed by atoms with Crippen LogP contribution in [0.1, 0.15) is 5.56 Å². The molecule has 0 aliphatic rings. The Labute approximate surface area is 92.2 Å². The summed E-state index contributed by atoms with van der Waals surface area (Å²) >= 11 is 8.52. The standard InChI is InChI=1S/C7H9Br2NOS/c8-6-3-5(7(9)12-6)4-10-1-2-11/h3,10-11H,1-2,4H2. The third kappa shape index (κ3) is 3.14. The fourth-order valence-corrected chi connectivity index (χ4v) is 3.62. The molecule has 2 nitrogen and oxygen atoms in total. The lowest BCUT2D eigenvalue weighted by Gasteiger charge is -1.99. The normalized spacial score (nSPS) is 10.6. The number of nitrogens with one attached hydrogen (secondary N) is 1. The average Bonchev–Trinajstić information content (AvgIpc) is 2.31. The number of halogens is 2. The molecule has 0 aliphatic heterocycles. The second-order valence-corrected chi connectivity index (χ2v) is 6.00. The first-order chi connectivity index (χ1) is 5.74. The van der Waals surface area contributed by atoms with Crippen molar-refractivity contribution in [3.63, 3.8) is 0 Å². The van der Waals surface area contributed by atoms with Crippen molar-refractivity contribution in [3.05, 3.63) is 19.2 Å². The fraction of sp³-hybridized carbons (Fsp3) is 0.429. The van der Waals surface area contributed by atoms with Gasteiger partial charge in [0.15, 0.2) is 0 Å². The van der Waals surface area contributed by atoms with Crippen LogP contribution < -0.4 is 5.32 Å². The van der Waals surface area contributed by atoms with Gasteiger partial charge in [0.2, 0.25) is 0 Å². The molecule has 68 valence electrons. The quantitative estimate of drug-likeness (QED) is 0.836. The number of aliphatic hydroxyl groups is 1. The highest BCUT2D eigenvalue weighted by molar-refractivity contribution is 9.12. The maximum atomic E-state index is 8.54. The number of aliphatic hydroxyl groups excluding tert-OH is 1. The SMILES string of the molecule is OCCNCc1cc(Br)sc1Br. The number of hydrogen-bond acceptors (Lipinski definition) is 3. The van der Waals surface area contributed by atoms with Crippen molar-refractivity contribution in [2.45, 2.75) is 6.54 Å². The summed E-state index contributed by atoms with van der Waals surface area (Å²) < 4.78 is 2.26. The van der Waals surface area contributed by atoms with Gasteiger partial charge in [-0.2, -0.15) is 0 Å². The summed E-state index contributed by atoms with van der Waals surface area (Å²) in [7, 11) is 0. The van der Waals surface area contributed by atoms with Gasteiger partial charge < -0.3 is 10.4 Å². The summed E-state index contributed by atoms with van der Waals surface area (Å²) in [6.45, 7) is 1.62. The van der Waals surface area contributed by atoms with Gasteiger partial charge in [0.05, 0.1) is 14.2 Å². The number of rotatable bonds is 4. The Morgan fingerprint density at radius 2 is 2.25 bits per heavy atom. The van der Waals surface area contributed by atoms with Crippen molar-refractivity contribution in [2.24, 2.45) is 0 Å². The van der Waals surface area contributed by atoms with Crippen LogP contribution in [0.25, 0.3) is 0 Å². The molecule has 0 spiro atoms. The van der Waals surface area contributed by atoms with Crippen molar-refractivity contribution in [1.82, 2.24) is 5.32 Å². The van der Waals surface area contributed by atoms with Crippen LogP contribution in [-0.2, 0) is 6.54 Å². The fourth-order valence-electron chi connectivity index (χ4n) is 0.797. The Morgan fingerprint density at radius 3 is 2.75 bits per heavy atom. The molecule has 12 heavy (non-hydrogen) atoms. The van der Waals surface area contributed by atoms with Crippen LogP contribution in [-0.4, -0.2) is 18.3 Å². The third-order valence-corrected chi connectivity index (χ3v) is 3.79. The lowest BCUT2D eigenvalue weighted by molar-refractivity contribution is 0.292. The molecule has 1 heterocycles. The first-order valence-corrected chi connectivity index (χ1v) is 5.89. The zero-order chi connectivity index (χ0) is 8.97. The Morgan fingerprint density at radius 1 is 1.50 bits per heavy atom. The van der Waals surface area contributed by atoms with E-state index in [2.05, 4.69) is 43.2 Å². The highest BCUT2D eigenvalue weighted by atomic mass is 79.9. The predicted molar refractivity (Wildman–Crippen MR) is 58.5 cm³/mol. The molecule has 0 amide bonds. The van der Waals surface area contributed by atoms with Crippen LogP contribution in [0, 0.1) is 0 Å². The zero-order valence-corrected chi connectivity index (χ0v) is 10.3. The van der Waals surface area contributed by atoms with E-state index >= 15 is 0 Å². The molecule has 0 bridgehead atoms. The second-order valence-electron chi connectivity index (χ2n) is 2.25. The van der Waals surface area contributed by atoms with E-state index in [1.165, 1.54) is 5.56 Å². The van der Waals surface area contributed by atoms with Gasteiger partial charge >= 0.3 is 0 Å². The summed E-state index contributed by atoms with van der Waals surface area (Å²) in [5, 5.41) is 11.6. The molecule has 0 fully saturated rings. The van der Waals surface area contributed by atoms with Crippen LogP contribution in [0.2, 0.25) is 0 Å². The van der Waals surface area contributed by atoms with Crippen molar-refractivity contribution < 1.29 is 5.11 Å². The molecular weight excluding hydrogens is 306 g/mol. The lowest BCUT2D eigenvalue weighted by atomic mass is 10.3. The Hall–Kier alpha value is 0.580. The zero-order valence-electron chi connectivity index (χ0n) is 6.31. The van der Waals surface area contributed by atoms with Crippen LogP contribution in [0.15, 0.2) is 13.6 Å². The molecule has 0 radical (unpaired) electrons. The molecule has 2 N–H and O–H groups in total. The van der Waals surface area contributed by atoms with Gasteiger partial charge in [0, 0.05) is 13.1 Å². The van der Waals surface area contributed by atoms with Crippen LogP contribution in [0.5, 0.6) is 0 Å². The first kappa shape index (κ1) is 10.7. The second kappa shape index (κ2) is 5.34. The predicted octanol–water partition coefficient (Wildman–Crippen LogP) is 2.36. The minimum Gasteiger partial charge on any atom is -0.395 e. The number of thiophene rings is 1. The van der Waals surface area contributed by atoms with Gasteiger partial charge in [-0.15, -0.1) is 11.3 Å². The minimum atomic E-state index is 0.183. The van der Waals surface area contributed by atoms with E-state index in [9.17, 15) is 0 Å². The van der Waals surface area contributed by atoms with E-state index in [1.54, 1.807) is 11.3 Å². The Kier molecular flexibility index (Phi) is 4.74. The van der Waals surface area contributed by atoms with Crippen LogP contribution in [0.3, 0.4) is 0 Å². The molecule has 0 aliphatic carbocycles. The van der Waals surface area contributed by atoms with Crippen molar-refractivity contribution >= 4 is 43.2 Å². The van der Waals surface area contributed by atoms with Gasteiger partial charge in [-0.3, -0.25) is 0 Å². The van der Waals surface area contributed by atoms with Gasteiger partial charge in [0.25, 0.3) is 0 Å². The Balaban J connectivity index is 2.45. The molecule has 1 aromatic heterocycles. The summed E-state index contributed by atoms with van der Waals surface area (Å²) in [6, 6.07) is 2.07. The van der Waals surface area contributed by atoms with E-state index in [4.69, 9.17) is 5.11 Å².